The van der Waals surface area contributed by atoms with Crippen LogP contribution in [0.25, 0.3) is 0 Å². The molecule has 5 nitrogen and oxygen atoms in total. The van der Waals surface area contributed by atoms with Gasteiger partial charge in [-0.3, -0.25) is 9.59 Å². The van der Waals surface area contributed by atoms with E-state index in [1.54, 1.807) is 13.0 Å². The normalized spacial score (nSPS) is 18.9. The maximum absolute atomic E-state index is 12.1. The minimum Gasteiger partial charge on any atom is -0.343 e. The largest absolute Gasteiger partial charge is 0.343 e. The van der Waals surface area contributed by atoms with Gasteiger partial charge in [0, 0.05) is 13.1 Å². The van der Waals surface area contributed by atoms with Gasteiger partial charge in [-0.25, -0.2) is 0 Å². The topological polar surface area (TPSA) is 75.4 Å². The summed E-state index contributed by atoms with van der Waals surface area (Å²) in [5.41, 5.74) is 5.65. The summed E-state index contributed by atoms with van der Waals surface area (Å²) < 4.78 is 0. The highest BCUT2D eigenvalue weighted by molar-refractivity contribution is 5.89. The van der Waals surface area contributed by atoms with E-state index in [9.17, 15) is 9.59 Å². The maximum Gasteiger partial charge on any atom is 0.244 e. The second kappa shape index (κ2) is 7.16. The van der Waals surface area contributed by atoms with Gasteiger partial charge in [0.25, 0.3) is 0 Å². The molecule has 102 valence electrons. The molecule has 1 fully saturated rings. The predicted octanol–water partition coefficient (Wildman–Crippen LogP) is 0.407. The van der Waals surface area contributed by atoms with Crippen molar-refractivity contribution in [3.63, 3.8) is 0 Å². The number of piperidine rings is 1. The van der Waals surface area contributed by atoms with Crippen LogP contribution >= 0.6 is 0 Å². The summed E-state index contributed by atoms with van der Waals surface area (Å²) in [6.45, 7) is 6.82. The highest BCUT2D eigenvalue weighted by Gasteiger charge is 2.24. The van der Waals surface area contributed by atoms with Crippen LogP contribution in [0.15, 0.2) is 12.7 Å². The van der Waals surface area contributed by atoms with Crippen LogP contribution in [-0.4, -0.2) is 41.9 Å². The molecule has 1 saturated heterocycles. The van der Waals surface area contributed by atoms with Gasteiger partial charge in [-0.1, -0.05) is 6.08 Å². The zero-order valence-electron chi connectivity index (χ0n) is 11.0. The van der Waals surface area contributed by atoms with Crippen LogP contribution in [-0.2, 0) is 9.59 Å². The van der Waals surface area contributed by atoms with Gasteiger partial charge in [-0.05, 0) is 32.6 Å². The summed E-state index contributed by atoms with van der Waals surface area (Å²) in [4.78, 5) is 25.6. The van der Waals surface area contributed by atoms with Gasteiger partial charge in [-0.2, -0.15) is 0 Å². The van der Waals surface area contributed by atoms with E-state index in [-0.39, 0.29) is 11.8 Å². The van der Waals surface area contributed by atoms with Crippen LogP contribution in [0.4, 0.5) is 0 Å². The molecule has 0 radical (unpaired) electrons. The lowest BCUT2D eigenvalue weighted by Gasteiger charge is -2.29. The number of hydrogen-bond donors (Lipinski definition) is 2. The summed E-state index contributed by atoms with van der Waals surface area (Å²) >= 11 is 0. The molecule has 0 saturated carbocycles. The van der Waals surface area contributed by atoms with E-state index in [1.807, 2.05) is 4.90 Å². The van der Waals surface area contributed by atoms with Crippen LogP contribution in [0.5, 0.6) is 0 Å². The van der Waals surface area contributed by atoms with Crippen LogP contribution in [0, 0.1) is 0 Å². The summed E-state index contributed by atoms with van der Waals surface area (Å²) in [6, 6.07) is -1.13. The van der Waals surface area contributed by atoms with Crippen molar-refractivity contribution in [1.29, 1.82) is 0 Å². The Hall–Kier alpha value is -1.36. The molecule has 0 aromatic rings. The number of amides is 2. The van der Waals surface area contributed by atoms with Crippen LogP contribution in [0.1, 0.15) is 32.6 Å². The Morgan fingerprint density at radius 1 is 1.39 bits per heavy atom. The van der Waals surface area contributed by atoms with Crippen molar-refractivity contribution in [3.8, 4) is 0 Å². The maximum atomic E-state index is 12.1. The first-order valence-corrected chi connectivity index (χ1v) is 6.52. The average molecular weight is 253 g/mol. The van der Waals surface area contributed by atoms with Gasteiger partial charge in [0.05, 0.1) is 6.04 Å². The third kappa shape index (κ3) is 4.14. The number of nitrogens with one attached hydrogen (secondary N) is 1. The number of nitrogens with two attached hydrogens (primary N) is 1. The van der Waals surface area contributed by atoms with Gasteiger partial charge in [0.2, 0.25) is 11.8 Å². The lowest BCUT2D eigenvalue weighted by atomic mass is 10.1. The highest BCUT2D eigenvalue weighted by Crippen LogP contribution is 2.10. The van der Waals surface area contributed by atoms with E-state index >= 15 is 0 Å². The Kier molecular flexibility index (Phi) is 5.85. The van der Waals surface area contributed by atoms with Crippen LogP contribution in [0.3, 0.4) is 0 Å². The first-order chi connectivity index (χ1) is 8.56. The average Bonchev–Trinajstić information content (AvgIpc) is 2.39. The van der Waals surface area contributed by atoms with Crippen molar-refractivity contribution in [1.82, 2.24) is 10.2 Å². The highest BCUT2D eigenvalue weighted by atomic mass is 16.2. The van der Waals surface area contributed by atoms with Crippen molar-refractivity contribution in [3.05, 3.63) is 12.7 Å². The van der Waals surface area contributed by atoms with Crippen LogP contribution < -0.4 is 11.1 Å². The van der Waals surface area contributed by atoms with Crippen LogP contribution in [0.2, 0.25) is 0 Å². The van der Waals surface area contributed by atoms with Crippen molar-refractivity contribution in [2.75, 3.05) is 13.1 Å². The lowest BCUT2D eigenvalue weighted by Crippen LogP contribution is -2.52. The van der Waals surface area contributed by atoms with Crippen molar-refractivity contribution in [2.24, 2.45) is 5.73 Å². The van der Waals surface area contributed by atoms with E-state index < -0.39 is 12.1 Å². The monoisotopic (exact) mass is 253 g/mol. The molecule has 0 aromatic carbocycles. The number of hydrogen-bond acceptors (Lipinski definition) is 3. The van der Waals surface area contributed by atoms with E-state index in [2.05, 4.69) is 11.9 Å². The number of nitrogens with zero attached hydrogens (tertiary/aromatic N) is 1. The summed E-state index contributed by atoms with van der Waals surface area (Å²) in [5, 5.41) is 2.66. The number of likely N-dealkylation sites (tertiary alicyclic amines) is 1. The Bertz CT molecular complexity index is 311. The molecule has 0 aliphatic carbocycles. The lowest BCUT2D eigenvalue weighted by molar-refractivity contribution is -0.137. The standard InChI is InChI=1S/C13H23N3O2/c1-3-7-11(14)12(17)15-10(2)13(18)16-8-5-4-6-9-16/h3,10-11H,1,4-9,14H2,2H3,(H,15,17). The fourth-order valence-corrected chi connectivity index (χ4v) is 2.06. The smallest absolute Gasteiger partial charge is 0.244 e. The van der Waals surface area contributed by atoms with E-state index in [0.29, 0.717) is 6.42 Å². The van der Waals surface area contributed by atoms with Crippen molar-refractivity contribution in [2.45, 2.75) is 44.7 Å². The van der Waals surface area contributed by atoms with Gasteiger partial charge in [0.1, 0.15) is 6.04 Å². The molecule has 5 heteroatoms. The first kappa shape index (κ1) is 14.7. The second-order valence-corrected chi connectivity index (χ2v) is 4.75. The van der Waals surface area contributed by atoms with Crippen molar-refractivity contribution < 1.29 is 9.59 Å². The Morgan fingerprint density at radius 2 is 2.00 bits per heavy atom. The zero-order chi connectivity index (χ0) is 13.5. The molecule has 2 atom stereocenters. The fourth-order valence-electron chi connectivity index (χ4n) is 2.06. The molecule has 2 amide bonds. The third-order valence-electron chi connectivity index (χ3n) is 3.15. The molecule has 1 rings (SSSR count). The Morgan fingerprint density at radius 3 is 2.56 bits per heavy atom. The molecule has 1 aliphatic heterocycles. The Balaban J connectivity index is 2.43. The third-order valence-corrected chi connectivity index (χ3v) is 3.15. The molecule has 2 unspecified atom stereocenters. The predicted molar refractivity (Wildman–Crippen MR) is 70.8 cm³/mol. The molecule has 1 aliphatic rings. The quantitative estimate of drug-likeness (QED) is 0.697. The van der Waals surface area contributed by atoms with E-state index in [4.69, 9.17) is 5.73 Å². The molecular weight excluding hydrogens is 230 g/mol. The van der Waals surface area contributed by atoms with Gasteiger partial charge in [-0.15, -0.1) is 6.58 Å². The molecular formula is C13H23N3O2. The number of rotatable bonds is 5. The van der Waals surface area contributed by atoms with E-state index in [1.165, 1.54) is 6.42 Å². The fraction of sp³-hybridized carbons (Fsp3) is 0.692. The molecule has 3 N–H and O–H groups in total. The zero-order valence-corrected chi connectivity index (χ0v) is 11.0. The summed E-state index contributed by atoms with van der Waals surface area (Å²) in [5.74, 6) is -0.318. The number of carbonyl (C=O) groups excluding carboxylic acids is 2. The van der Waals surface area contributed by atoms with Gasteiger partial charge < -0.3 is 16.0 Å². The molecule has 0 spiro atoms. The minimum absolute atomic E-state index is 0.0196. The van der Waals surface area contributed by atoms with E-state index in [0.717, 1.165) is 25.9 Å². The molecule has 18 heavy (non-hydrogen) atoms. The first-order valence-electron chi connectivity index (χ1n) is 6.52. The second-order valence-electron chi connectivity index (χ2n) is 4.75. The summed E-state index contributed by atoms with van der Waals surface area (Å²) in [7, 11) is 0. The molecule has 0 aromatic heterocycles. The Labute approximate surface area is 108 Å². The van der Waals surface area contributed by atoms with Gasteiger partial charge >= 0.3 is 0 Å². The molecule has 0 bridgehead atoms. The van der Waals surface area contributed by atoms with Gasteiger partial charge in [0.15, 0.2) is 0 Å². The summed E-state index contributed by atoms with van der Waals surface area (Å²) in [6.07, 6.45) is 5.28. The minimum atomic E-state index is -0.626. The SMILES string of the molecule is C=CCC(N)C(=O)NC(C)C(=O)N1CCCCC1. The van der Waals surface area contributed by atoms with Crippen molar-refractivity contribution >= 4 is 11.8 Å². The molecule has 1 heterocycles. The number of carbonyl (C=O) groups is 2.